The maximum atomic E-state index is 11.8. The fourth-order valence-electron chi connectivity index (χ4n) is 1.28. The summed E-state index contributed by atoms with van der Waals surface area (Å²) in [5, 5.41) is 8.65. The molecule has 1 N–H and O–H groups in total. The zero-order valence-electron chi connectivity index (χ0n) is 9.17. The Morgan fingerprint density at radius 2 is 2.24 bits per heavy atom. The first-order valence-electron chi connectivity index (χ1n) is 4.96. The monoisotopic (exact) mass is 232 g/mol. The Morgan fingerprint density at radius 3 is 2.76 bits per heavy atom. The molecule has 0 fully saturated rings. The van der Waals surface area contributed by atoms with E-state index in [-0.39, 0.29) is 18.9 Å². The second kappa shape index (κ2) is 6.28. The number of amides is 1. The normalized spacial score (nSPS) is 9.35. The molecule has 0 saturated carbocycles. The van der Waals surface area contributed by atoms with Crippen molar-refractivity contribution in [2.24, 2.45) is 0 Å². The Labute approximate surface area is 99.1 Å². The van der Waals surface area contributed by atoms with Crippen LogP contribution in [0.25, 0.3) is 0 Å². The van der Waals surface area contributed by atoms with Gasteiger partial charge in [-0.3, -0.25) is 14.6 Å². The SMILES string of the molecule is C#CCN(CC(=O)O)C(=O)Cc1ccccn1. The number of rotatable bonds is 5. The number of pyridine rings is 1. The number of aliphatic carboxylic acids is 1. The number of carboxylic acid groups (broad SMARTS) is 1. The molecule has 0 aliphatic rings. The average molecular weight is 232 g/mol. The summed E-state index contributed by atoms with van der Waals surface area (Å²) in [6, 6.07) is 5.20. The summed E-state index contributed by atoms with van der Waals surface area (Å²) in [5.74, 6) is 0.829. The quantitative estimate of drug-likeness (QED) is 0.735. The van der Waals surface area contributed by atoms with Gasteiger partial charge in [0, 0.05) is 11.9 Å². The van der Waals surface area contributed by atoms with Crippen molar-refractivity contribution in [1.82, 2.24) is 9.88 Å². The van der Waals surface area contributed by atoms with Gasteiger partial charge in [-0.15, -0.1) is 6.42 Å². The molecule has 0 unspecified atom stereocenters. The van der Waals surface area contributed by atoms with E-state index in [0.717, 1.165) is 4.90 Å². The molecule has 1 aromatic heterocycles. The van der Waals surface area contributed by atoms with Gasteiger partial charge in [0.05, 0.1) is 13.0 Å². The molecule has 0 aliphatic carbocycles. The molecule has 88 valence electrons. The molecule has 1 heterocycles. The molecular weight excluding hydrogens is 220 g/mol. The van der Waals surface area contributed by atoms with Gasteiger partial charge in [0.2, 0.25) is 5.91 Å². The molecule has 0 spiro atoms. The number of carbonyl (C=O) groups is 2. The van der Waals surface area contributed by atoms with E-state index >= 15 is 0 Å². The van der Waals surface area contributed by atoms with E-state index in [1.165, 1.54) is 0 Å². The fourth-order valence-corrected chi connectivity index (χ4v) is 1.28. The largest absolute Gasteiger partial charge is 0.480 e. The van der Waals surface area contributed by atoms with Crippen LogP contribution in [0.3, 0.4) is 0 Å². The minimum Gasteiger partial charge on any atom is -0.480 e. The van der Waals surface area contributed by atoms with Crippen molar-refractivity contribution in [2.75, 3.05) is 13.1 Å². The van der Waals surface area contributed by atoms with E-state index in [0.29, 0.717) is 5.69 Å². The molecule has 0 aliphatic heterocycles. The van der Waals surface area contributed by atoms with Crippen LogP contribution in [0.2, 0.25) is 0 Å². The van der Waals surface area contributed by atoms with E-state index in [1.54, 1.807) is 24.4 Å². The fraction of sp³-hybridized carbons (Fsp3) is 0.250. The van der Waals surface area contributed by atoms with Gasteiger partial charge in [-0.2, -0.15) is 0 Å². The molecule has 0 radical (unpaired) electrons. The topological polar surface area (TPSA) is 70.5 Å². The van der Waals surface area contributed by atoms with Crippen molar-refractivity contribution in [2.45, 2.75) is 6.42 Å². The van der Waals surface area contributed by atoms with Crippen LogP contribution in [-0.4, -0.2) is 40.0 Å². The average Bonchev–Trinajstić information content (AvgIpc) is 2.29. The second-order valence-electron chi connectivity index (χ2n) is 3.35. The first-order chi connectivity index (χ1) is 8.13. The zero-order valence-corrected chi connectivity index (χ0v) is 9.17. The van der Waals surface area contributed by atoms with Crippen LogP contribution in [0.5, 0.6) is 0 Å². The van der Waals surface area contributed by atoms with Crippen molar-refractivity contribution in [3.8, 4) is 12.3 Å². The molecule has 17 heavy (non-hydrogen) atoms. The van der Waals surface area contributed by atoms with Crippen LogP contribution in [0.4, 0.5) is 0 Å². The Bertz CT molecular complexity index is 437. The number of nitrogens with zero attached hydrogens (tertiary/aromatic N) is 2. The zero-order chi connectivity index (χ0) is 12.7. The maximum Gasteiger partial charge on any atom is 0.323 e. The second-order valence-corrected chi connectivity index (χ2v) is 3.35. The highest BCUT2D eigenvalue weighted by Gasteiger charge is 2.16. The summed E-state index contributed by atoms with van der Waals surface area (Å²) in [7, 11) is 0. The number of carbonyl (C=O) groups excluding carboxylic acids is 1. The van der Waals surface area contributed by atoms with Crippen LogP contribution in [-0.2, 0) is 16.0 Å². The molecule has 5 nitrogen and oxygen atoms in total. The molecule has 1 amide bonds. The Morgan fingerprint density at radius 1 is 1.47 bits per heavy atom. The maximum absolute atomic E-state index is 11.8. The molecule has 0 aromatic carbocycles. The van der Waals surface area contributed by atoms with Crippen molar-refractivity contribution < 1.29 is 14.7 Å². The van der Waals surface area contributed by atoms with E-state index < -0.39 is 12.5 Å². The third kappa shape index (κ3) is 4.34. The standard InChI is InChI=1S/C12H12N2O3/c1-2-7-14(9-12(16)17)11(15)8-10-5-3-4-6-13-10/h1,3-6H,7-9H2,(H,16,17). The third-order valence-electron chi connectivity index (χ3n) is 2.02. The van der Waals surface area contributed by atoms with Gasteiger partial charge >= 0.3 is 5.97 Å². The van der Waals surface area contributed by atoms with Crippen LogP contribution in [0.1, 0.15) is 5.69 Å². The number of terminal acetylenes is 1. The van der Waals surface area contributed by atoms with Crippen molar-refractivity contribution in [3.63, 3.8) is 0 Å². The van der Waals surface area contributed by atoms with Crippen LogP contribution >= 0.6 is 0 Å². The van der Waals surface area contributed by atoms with Gasteiger partial charge in [0.15, 0.2) is 0 Å². The minimum atomic E-state index is -1.09. The van der Waals surface area contributed by atoms with Gasteiger partial charge < -0.3 is 10.0 Å². The first-order valence-corrected chi connectivity index (χ1v) is 4.96. The summed E-state index contributed by atoms with van der Waals surface area (Å²) in [6.07, 6.45) is 6.71. The molecule has 1 aromatic rings. The van der Waals surface area contributed by atoms with Gasteiger partial charge in [0.25, 0.3) is 0 Å². The number of hydrogen-bond acceptors (Lipinski definition) is 3. The molecule has 0 atom stereocenters. The minimum absolute atomic E-state index is 0.0159. The lowest BCUT2D eigenvalue weighted by molar-refractivity contribution is -0.143. The lowest BCUT2D eigenvalue weighted by atomic mass is 10.2. The van der Waals surface area contributed by atoms with E-state index in [2.05, 4.69) is 10.9 Å². The van der Waals surface area contributed by atoms with Crippen LogP contribution in [0.15, 0.2) is 24.4 Å². The number of hydrogen-bond donors (Lipinski definition) is 1. The lowest BCUT2D eigenvalue weighted by Gasteiger charge is -2.17. The van der Waals surface area contributed by atoms with Gasteiger partial charge in [-0.25, -0.2) is 0 Å². The van der Waals surface area contributed by atoms with E-state index in [9.17, 15) is 9.59 Å². The van der Waals surface area contributed by atoms with Gasteiger partial charge in [0.1, 0.15) is 6.54 Å². The number of aromatic nitrogens is 1. The van der Waals surface area contributed by atoms with Gasteiger partial charge in [-0.1, -0.05) is 12.0 Å². The van der Waals surface area contributed by atoms with E-state index in [4.69, 9.17) is 11.5 Å². The Kier molecular flexibility index (Phi) is 4.70. The summed E-state index contributed by atoms with van der Waals surface area (Å²) >= 11 is 0. The highest BCUT2D eigenvalue weighted by Crippen LogP contribution is 1.99. The first kappa shape index (κ1) is 12.7. The van der Waals surface area contributed by atoms with Crippen LogP contribution in [0, 0.1) is 12.3 Å². The summed E-state index contributed by atoms with van der Waals surface area (Å²) in [6.45, 7) is -0.409. The molecule has 1 rings (SSSR count). The molecule has 0 bridgehead atoms. The van der Waals surface area contributed by atoms with E-state index in [1.807, 2.05) is 0 Å². The summed E-state index contributed by atoms with van der Waals surface area (Å²) in [4.78, 5) is 27.4. The number of carboxylic acids is 1. The smallest absolute Gasteiger partial charge is 0.323 e. The predicted molar refractivity (Wildman–Crippen MR) is 61.0 cm³/mol. The molecule has 0 saturated heterocycles. The summed E-state index contributed by atoms with van der Waals surface area (Å²) in [5.41, 5.74) is 0.588. The predicted octanol–water partition coefficient (Wildman–Crippen LogP) is 0.170. The Hall–Kier alpha value is -2.35. The highest BCUT2D eigenvalue weighted by molar-refractivity contribution is 5.82. The van der Waals surface area contributed by atoms with Crippen molar-refractivity contribution >= 4 is 11.9 Å². The lowest BCUT2D eigenvalue weighted by Crippen LogP contribution is -2.37. The molecular formula is C12H12N2O3. The summed E-state index contributed by atoms with van der Waals surface area (Å²) < 4.78 is 0. The third-order valence-corrected chi connectivity index (χ3v) is 2.02. The van der Waals surface area contributed by atoms with Gasteiger partial charge in [-0.05, 0) is 12.1 Å². The molecule has 5 heteroatoms. The highest BCUT2D eigenvalue weighted by atomic mass is 16.4. The van der Waals surface area contributed by atoms with Crippen molar-refractivity contribution in [3.05, 3.63) is 30.1 Å². The Balaban J connectivity index is 2.66. The van der Waals surface area contributed by atoms with Crippen molar-refractivity contribution in [1.29, 1.82) is 0 Å². The van der Waals surface area contributed by atoms with Crippen LogP contribution < -0.4 is 0 Å².